The SMILES string of the molecule is Cc1cccc(C)c1NS(=O)(=O)c1ccc(NC(=O)CCC(=O)O)cc1. The molecule has 3 N–H and O–H groups in total. The summed E-state index contributed by atoms with van der Waals surface area (Å²) in [6, 6.07) is 11.2. The van der Waals surface area contributed by atoms with Crippen molar-refractivity contribution < 1.29 is 23.1 Å². The average molecular weight is 376 g/mol. The Morgan fingerprint density at radius 1 is 0.962 bits per heavy atom. The van der Waals surface area contributed by atoms with E-state index in [0.29, 0.717) is 11.4 Å². The average Bonchev–Trinajstić information content (AvgIpc) is 2.57. The fraction of sp³-hybridized carbons (Fsp3) is 0.222. The molecule has 0 aliphatic carbocycles. The van der Waals surface area contributed by atoms with Crippen molar-refractivity contribution in [3.8, 4) is 0 Å². The second-order valence-corrected chi connectivity index (χ2v) is 7.52. The molecule has 0 heterocycles. The monoisotopic (exact) mass is 376 g/mol. The smallest absolute Gasteiger partial charge is 0.303 e. The lowest BCUT2D eigenvalue weighted by Gasteiger charge is -2.13. The van der Waals surface area contributed by atoms with Gasteiger partial charge in [-0.15, -0.1) is 0 Å². The van der Waals surface area contributed by atoms with Gasteiger partial charge in [-0.2, -0.15) is 0 Å². The third-order valence-electron chi connectivity index (χ3n) is 3.73. The largest absolute Gasteiger partial charge is 0.481 e. The topological polar surface area (TPSA) is 113 Å². The summed E-state index contributed by atoms with van der Waals surface area (Å²) < 4.78 is 27.7. The van der Waals surface area contributed by atoms with E-state index in [9.17, 15) is 18.0 Å². The van der Waals surface area contributed by atoms with Crippen LogP contribution in [0.4, 0.5) is 11.4 Å². The molecule has 26 heavy (non-hydrogen) atoms. The number of sulfonamides is 1. The molecule has 8 heteroatoms. The summed E-state index contributed by atoms with van der Waals surface area (Å²) in [6.07, 6.45) is -0.415. The Balaban J connectivity index is 2.11. The first-order chi connectivity index (χ1) is 12.2. The summed E-state index contributed by atoms with van der Waals surface area (Å²) in [4.78, 5) is 22.1. The molecule has 2 rings (SSSR count). The van der Waals surface area contributed by atoms with E-state index in [-0.39, 0.29) is 17.7 Å². The third kappa shape index (κ3) is 5.06. The Morgan fingerprint density at radius 3 is 2.08 bits per heavy atom. The lowest BCUT2D eigenvalue weighted by molar-refractivity contribution is -0.138. The second-order valence-electron chi connectivity index (χ2n) is 5.84. The first kappa shape index (κ1) is 19.5. The normalized spacial score (nSPS) is 11.0. The fourth-order valence-electron chi connectivity index (χ4n) is 2.33. The molecule has 0 aliphatic heterocycles. The number of carboxylic acids is 1. The van der Waals surface area contributed by atoms with Crippen molar-refractivity contribution in [3.05, 3.63) is 53.6 Å². The van der Waals surface area contributed by atoms with Crippen molar-refractivity contribution in [2.75, 3.05) is 10.0 Å². The Labute approximate surface area is 152 Å². The molecular formula is C18H20N2O5S. The minimum absolute atomic E-state index is 0.0590. The summed E-state index contributed by atoms with van der Waals surface area (Å²) >= 11 is 0. The fourth-order valence-corrected chi connectivity index (χ4v) is 3.53. The Morgan fingerprint density at radius 2 is 1.54 bits per heavy atom. The molecule has 138 valence electrons. The van der Waals surface area contributed by atoms with Crippen molar-refractivity contribution in [3.63, 3.8) is 0 Å². The standard InChI is InChI=1S/C18H20N2O5S/c1-12-4-3-5-13(2)18(12)20-26(24,25)15-8-6-14(7-9-15)19-16(21)10-11-17(22)23/h3-9,20H,10-11H2,1-2H3,(H,19,21)(H,22,23). The van der Waals surface area contributed by atoms with Crippen LogP contribution in [-0.2, 0) is 19.6 Å². The van der Waals surface area contributed by atoms with Crippen LogP contribution in [0.5, 0.6) is 0 Å². The van der Waals surface area contributed by atoms with E-state index >= 15 is 0 Å². The number of hydrogen-bond acceptors (Lipinski definition) is 4. The lowest BCUT2D eigenvalue weighted by Crippen LogP contribution is -2.15. The van der Waals surface area contributed by atoms with Gasteiger partial charge in [0, 0.05) is 12.1 Å². The highest BCUT2D eigenvalue weighted by Crippen LogP contribution is 2.24. The molecule has 1 amide bonds. The van der Waals surface area contributed by atoms with Crippen molar-refractivity contribution in [2.24, 2.45) is 0 Å². The number of nitrogens with one attached hydrogen (secondary N) is 2. The number of hydrogen-bond donors (Lipinski definition) is 3. The summed E-state index contributed by atoms with van der Waals surface area (Å²) in [5.74, 6) is -1.50. The summed E-state index contributed by atoms with van der Waals surface area (Å²) in [6.45, 7) is 3.64. The predicted molar refractivity (Wildman–Crippen MR) is 98.7 cm³/mol. The number of rotatable bonds is 7. The molecule has 0 aliphatic rings. The van der Waals surface area contributed by atoms with Crippen molar-refractivity contribution in [1.82, 2.24) is 0 Å². The number of aryl methyl sites for hydroxylation is 2. The quantitative estimate of drug-likeness (QED) is 0.688. The van der Waals surface area contributed by atoms with Gasteiger partial charge in [0.2, 0.25) is 5.91 Å². The molecule has 2 aromatic rings. The van der Waals surface area contributed by atoms with Crippen LogP contribution in [0, 0.1) is 13.8 Å². The van der Waals surface area contributed by atoms with Crippen molar-refractivity contribution >= 4 is 33.3 Å². The highest BCUT2D eigenvalue weighted by atomic mass is 32.2. The van der Waals surface area contributed by atoms with Gasteiger partial charge in [0.05, 0.1) is 17.0 Å². The van der Waals surface area contributed by atoms with Gasteiger partial charge in [-0.25, -0.2) is 8.42 Å². The van der Waals surface area contributed by atoms with Crippen LogP contribution in [0.1, 0.15) is 24.0 Å². The molecule has 0 aromatic heterocycles. The van der Waals surface area contributed by atoms with Gasteiger partial charge < -0.3 is 10.4 Å². The van der Waals surface area contributed by atoms with E-state index in [2.05, 4.69) is 10.0 Å². The highest BCUT2D eigenvalue weighted by molar-refractivity contribution is 7.92. The molecule has 2 aromatic carbocycles. The number of carboxylic acid groups (broad SMARTS) is 1. The lowest BCUT2D eigenvalue weighted by atomic mass is 10.1. The molecular weight excluding hydrogens is 356 g/mol. The van der Waals surface area contributed by atoms with E-state index in [1.54, 1.807) is 0 Å². The van der Waals surface area contributed by atoms with Gasteiger partial charge in [0.1, 0.15) is 0 Å². The predicted octanol–water partition coefficient (Wildman–Crippen LogP) is 2.91. The maximum Gasteiger partial charge on any atom is 0.303 e. The number of amides is 1. The summed E-state index contributed by atoms with van der Waals surface area (Å²) in [5, 5.41) is 11.1. The van der Waals surface area contributed by atoms with Gasteiger partial charge >= 0.3 is 5.97 Å². The molecule has 0 spiro atoms. The Bertz CT molecular complexity index is 901. The van der Waals surface area contributed by atoms with Gasteiger partial charge in [0.15, 0.2) is 0 Å². The number of benzene rings is 2. The summed E-state index contributed by atoms with van der Waals surface area (Å²) in [5.41, 5.74) is 2.57. The number of anilines is 2. The molecule has 0 saturated heterocycles. The van der Waals surface area contributed by atoms with Crippen LogP contribution in [0.2, 0.25) is 0 Å². The van der Waals surface area contributed by atoms with Crippen molar-refractivity contribution in [2.45, 2.75) is 31.6 Å². The molecule has 0 saturated carbocycles. The van der Waals surface area contributed by atoms with E-state index in [4.69, 9.17) is 5.11 Å². The maximum atomic E-state index is 12.6. The van der Waals surface area contributed by atoms with Crippen LogP contribution in [0.25, 0.3) is 0 Å². The van der Waals surface area contributed by atoms with Crippen LogP contribution < -0.4 is 10.0 Å². The maximum absolute atomic E-state index is 12.6. The van der Waals surface area contributed by atoms with E-state index in [1.807, 2.05) is 32.0 Å². The number of aliphatic carboxylic acids is 1. The van der Waals surface area contributed by atoms with Gasteiger partial charge in [0.25, 0.3) is 10.0 Å². The molecule has 0 radical (unpaired) electrons. The summed E-state index contributed by atoms with van der Waals surface area (Å²) in [7, 11) is -3.77. The van der Waals surface area contributed by atoms with Crippen molar-refractivity contribution in [1.29, 1.82) is 0 Å². The Kier molecular flexibility index (Phi) is 5.99. The van der Waals surface area contributed by atoms with E-state index < -0.39 is 21.9 Å². The molecule has 0 unspecified atom stereocenters. The van der Waals surface area contributed by atoms with Crippen LogP contribution in [0.15, 0.2) is 47.4 Å². The Hall–Kier alpha value is -2.87. The number of carbonyl (C=O) groups is 2. The van der Waals surface area contributed by atoms with Crippen LogP contribution in [0.3, 0.4) is 0 Å². The van der Waals surface area contributed by atoms with E-state index in [1.165, 1.54) is 24.3 Å². The zero-order valence-electron chi connectivity index (χ0n) is 14.4. The number of para-hydroxylation sites is 1. The molecule has 7 nitrogen and oxygen atoms in total. The molecule has 0 bridgehead atoms. The minimum atomic E-state index is -3.77. The van der Waals surface area contributed by atoms with Crippen LogP contribution in [-0.4, -0.2) is 25.4 Å². The zero-order chi connectivity index (χ0) is 19.3. The highest BCUT2D eigenvalue weighted by Gasteiger charge is 2.16. The molecule has 0 fully saturated rings. The van der Waals surface area contributed by atoms with Gasteiger partial charge in [-0.3, -0.25) is 14.3 Å². The third-order valence-corrected chi connectivity index (χ3v) is 5.10. The first-order valence-corrected chi connectivity index (χ1v) is 9.38. The number of carbonyl (C=O) groups excluding carboxylic acids is 1. The van der Waals surface area contributed by atoms with Crippen LogP contribution >= 0.6 is 0 Å². The molecule has 0 atom stereocenters. The zero-order valence-corrected chi connectivity index (χ0v) is 15.3. The van der Waals surface area contributed by atoms with Gasteiger partial charge in [-0.1, -0.05) is 18.2 Å². The second kappa shape index (κ2) is 8.01. The first-order valence-electron chi connectivity index (χ1n) is 7.90. The van der Waals surface area contributed by atoms with E-state index in [0.717, 1.165) is 11.1 Å². The van der Waals surface area contributed by atoms with Gasteiger partial charge in [-0.05, 0) is 49.2 Å². The minimum Gasteiger partial charge on any atom is -0.481 e.